The summed E-state index contributed by atoms with van der Waals surface area (Å²) in [6, 6.07) is 17.0. The third-order valence-electron chi connectivity index (χ3n) is 6.57. The summed E-state index contributed by atoms with van der Waals surface area (Å²) in [7, 11) is 3.21. The smallest absolute Gasteiger partial charge is 0.253 e. The van der Waals surface area contributed by atoms with Crippen LogP contribution in [0.4, 0.5) is 0 Å². The molecule has 2 heterocycles. The second-order valence-electron chi connectivity index (χ2n) is 9.46. The Bertz CT molecular complexity index is 1580. The van der Waals surface area contributed by atoms with E-state index in [2.05, 4.69) is 21.0 Å². The summed E-state index contributed by atoms with van der Waals surface area (Å²) >= 11 is 0. The summed E-state index contributed by atoms with van der Waals surface area (Å²) in [5, 5.41) is 10.3. The lowest BCUT2D eigenvalue weighted by Gasteiger charge is -2.28. The number of benzene rings is 2. The first-order valence-electron chi connectivity index (χ1n) is 12.6. The van der Waals surface area contributed by atoms with Gasteiger partial charge in [-0.25, -0.2) is 15.0 Å². The number of rotatable bonds is 8. The fourth-order valence-electron chi connectivity index (χ4n) is 4.48. The summed E-state index contributed by atoms with van der Waals surface area (Å²) in [5.74, 6) is 0.115. The Hall–Kier alpha value is -4.84. The highest BCUT2D eigenvalue weighted by Crippen LogP contribution is 2.31. The average molecular weight is 523 g/mol. The summed E-state index contributed by atoms with van der Waals surface area (Å²) in [6.07, 6.45) is 3.16. The van der Waals surface area contributed by atoms with Crippen molar-refractivity contribution >= 4 is 22.7 Å². The van der Waals surface area contributed by atoms with Gasteiger partial charge in [0.1, 0.15) is 18.0 Å². The van der Waals surface area contributed by atoms with Gasteiger partial charge in [-0.2, -0.15) is 5.26 Å². The number of hydrogen-bond donors (Lipinski definition) is 0. The van der Waals surface area contributed by atoms with Crippen molar-refractivity contribution in [2.45, 2.75) is 26.8 Å². The van der Waals surface area contributed by atoms with Gasteiger partial charge in [0.2, 0.25) is 11.8 Å². The lowest BCUT2D eigenvalue weighted by atomic mass is 9.99. The molecule has 39 heavy (non-hydrogen) atoms. The van der Waals surface area contributed by atoms with E-state index in [1.165, 1.54) is 20.4 Å². The van der Waals surface area contributed by atoms with Crippen molar-refractivity contribution in [3.8, 4) is 34.3 Å². The molecule has 0 atom stereocenters. The molecule has 9 nitrogen and oxygen atoms in total. The Morgan fingerprint density at radius 3 is 2.49 bits per heavy atom. The normalized spacial score (nSPS) is 10.8. The minimum atomic E-state index is -0.142. The molecule has 198 valence electrons. The van der Waals surface area contributed by atoms with Crippen LogP contribution in [0.5, 0.6) is 5.88 Å². The van der Waals surface area contributed by atoms with Crippen LogP contribution in [-0.2, 0) is 4.79 Å². The molecule has 0 N–H and O–H groups in total. The molecule has 0 unspecified atom stereocenters. The van der Waals surface area contributed by atoms with E-state index in [1.807, 2.05) is 50.2 Å². The van der Waals surface area contributed by atoms with E-state index in [4.69, 9.17) is 4.74 Å². The van der Waals surface area contributed by atoms with Gasteiger partial charge in [0.15, 0.2) is 0 Å². The molecular weight excluding hydrogens is 492 g/mol. The number of amides is 2. The first-order valence-corrected chi connectivity index (χ1v) is 12.6. The van der Waals surface area contributed by atoms with E-state index in [9.17, 15) is 14.9 Å². The monoisotopic (exact) mass is 522 g/mol. The first-order chi connectivity index (χ1) is 18.7. The molecule has 4 aromatic rings. The van der Waals surface area contributed by atoms with Gasteiger partial charge in [-0.05, 0) is 49.7 Å². The Balaban J connectivity index is 1.66. The number of carbonyl (C=O) groups is 2. The fraction of sp³-hybridized carbons (Fsp3) is 0.267. The summed E-state index contributed by atoms with van der Waals surface area (Å²) in [5.41, 5.74) is 4.68. The Morgan fingerprint density at radius 2 is 1.79 bits per heavy atom. The predicted molar refractivity (Wildman–Crippen MR) is 149 cm³/mol. The van der Waals surface area contributed by atoms with Crippen LogP contribution in [0.25, 0.3) is 33.3 Å². The molecule has 0 fully saturated rings. The van der Waals surface area contributed by atoms with Crippen molar-refractivity contribution in [3.05, 3.63) is 72.2 Å². The SMILES string of the molecule is COc1ncc(-c2ccc3ncnc(-c4cccc(C(=O)N(C)CCN(C(C)=O)C(C)C)c4)c3c2)cc1C#N. The molecule has 0 bridgehead atoms. The van der Waals surface area contributed by atoms with Crippen LogP contribution < -0.4 is 4.74 Å². The van der Waals surface area contributed by atoms with Gasteiger partial charge in [-0.1, -0.05) is 18.2 Å². The third kappa shape index (κ3) is 5.85. The quantitative estimate of drug-likeness (QED) is 0.333. The van der Waals surface area contributed by atoms with Gasteiger partial charge < -0.3 is 14.5 Å². The third-order valence-corrected chi connectivity index (χ3v) is 6.57. The van der Waals surface area contributed by atoms with Crippen molar-refractivity contribution in [1.82, 2.24) is 24.8 Å². The average Bonchev–Trinajstić information content (AvgIpc) is 2.95. The maximum atomic E-state index is 13.2. The second-order valence-corrected chi connectivity index (χ2v) is 9.46. The number of nitrogens with zero attached hydrogens (tertiary/aromatic N) is 6. The number of ether oxygens (including phenoxy) is 1. The van der Waals surface area contributed by atoms with Crippen LogP contribution in [0.15, 0.2) is 61.1 Å². The number of likely N-dealkylation sites (N-methyl/N-ethyl adjacent to an activating group) is 1. The lowest BCUT2D eigenvalue weighted by Crippen LogP contribution is -2.41. The molecule has 2 aromatic heterocycles. The van der Waals surface area contributed by atoms with E-state index >= 15 is 0 Å². The highest BCUT2D eigenvalue weighted by atomic mass is 16.5. The van der Waals surface area contributed by atoms with E-state index in [-0.39, 0.29) is 23.7 Å². The predicted octanol–water partition coefficient (Wildman–Crippen LogP) is 4.57. The van der Waals surface area contributed by atoms with E-state index < -0.39 is 0 Å². The summed E-state index contributed by atoms with van der Waals surface area (Å²) < 4.78 is 5.17. The summed E-state index contributed by atoms with van der Waals surface area (Å²) in [6.45, 7) is 6.33. The van der Waals surface area contributed by atoms with Gasteiger partial charge >= 0.3 is 0 Å². The molecule has 0 aliphatic carbocycles. The zero-order valence-electron chi connectivity index (χ0n) is 22.7. The number of carbonyl (C=O) groups excluding carboxylic acids is 2. The van der Waals surface area contributed by atoms with E-state index in [1.54, 1.807) is 35.2 Å². The number of fused-ring (bicyclic) bond motifs is 1. The van der Waals surface area contributed by atoms with Gasteiger partial charge in [0.25, 0.3) is 5.91 Å². The Kier molecular flexibility index (Phi) is 8.15. The fourth-order valence-corrected chi connectivity index (χ4v) is 4.48. The first kappa shape index (κ1) is 27.2. The van der Waals surface area contributed by atoms with Crippen LogP contribution >= 0.6 is 0 Å². The Labute approximate surface area is 227 Å². The minimum absolute atomic E-state index is 0.0166. The topological polar surface area (TPSA) is 112 Å². The molecule has 0 saturated heterocycles. The standard InChI is InChI=1S/C30H30N6O3/c1-19(2)36(20(3)37)12-11-35(4)30(38)23-8-6-7-22(13-23)28-26-15-21(9-10-27(26)33-18-34-28)25-14-24(16-31)29(39-5)32-17-25/h6-10,13-15,17-19H,11-12H2,1-5H3. The van der Waals surface area contributed by atoms with Gasteiger partial charge in [-0.3, -0.25) is 9.59 Å². The number of pyridine rings is 1. The summed E-state index contributed by atoms with van der Waals surface area (Å²) in [4.78, 5) is 41.7. The number of aromatic nitrogens is 3. The van der Waals surface area contributed by atoms with Gasteiger partial charge in [0.05, 0.1) is 18.3 Å². The molecule has 0 aliphatic rings. The number of nitriles is 1. The van der Waals surface area contributed by atoms with Crippen molar-refractivity contribution in [3.63, 3.8) is 0 Å². The molecular formula is C30H30N6O3. The highest BCUT2D eigenvalue weighted by Gasteiger charge is 2.18. The van der Waals surface area contributed by atoms with Crippen molar-refractivity contribution < 1.29 is 14.3 Å². The molecule has 0 saturated carbocycles. The zero-order valence-corrected chi connectivity index (χ0v) is 22.7. The molecule has 2 aromatic carbocycles. The van der Waals surface area contributed by atoms with Crippen molar-refractivity contribution in [2.75, 3.05) is 27.2 Å². The van der Waals surface area contributed by atoms with Crippen LogP contribution in [-0.4, -0.2) is 69.9 Å². The molecule has 0 spiro atoms. The van der Waals surface area contributed by atoms with Gasteiger partial charge in [0, 0.05) is 61.4 Å². The highest BCUT2D eigenvalue weighted by molar-refractivity contribution is 5.98. The van der Waals surface area contributed by atoms with Crippen LogP contribution in [0.2, 0.25) is 0 Å². The Morgan fingerprint density at radius 1 is 1.00 bits per heavy atom. The molecule has 4 rings (SSSR count). The molecule has 0 radical (unpaired) electrons. The van der Waals surface area contributed by atoms with Crippen LogP contribution in [0.3, 0.4) is 0 Å². The second kappa shape index (κ2) is 11.7. The van der Waals surface area contributed by atoms with Crippen LogP contribution in [0.1, 0.15) is 36.7 Å². The maximum Gasteiger partial charge on any atom is 0.253 e. The molecule has 0 aliphatic heterocycles. The van der Waals surface area contributed by atoms with E-state index in [0.717, 1.165) is 27.6 Å². The number of hydrogen-bond acceptors (Lipinski definition) is 7. The van der Waals surface area contributed by atoms with Gasteiger partial charge in [-0.15, -0.1) is 0 Å². The maximum absolute atomic E-state index is 13.2. The van der Waals surface area contributed by atoms with Crippen LogP contribution in [0, 0.1) is 11.3 Å². The zero-order chi connectivity index (χ0) is 28.1. The molecule has 2 amide bonds. The van der Waals surface area contributed by atoms with E-state index in [0.29, 0.717) is 29.9 Å². The lowest BCUT2D eigenvalue weighted by molar-refractivity contribution is -0.130. The minimum Gasteiger partial charge on any atom is -0.480 e. The molecule has 9 heteroatoms. The van der Waals surface area contributed by atoms with Crippen molar-refractivity contribution in [2.24, 2.45) is 0 Å². The number of methoxy groups -OCH3 is 1. The largest absolute Gasteiger partial charge is 0.480 e. The van der Waals surface area contributed by atoms with Crippen molar-refractivity contribution in [1.29, 1.82) is 5.26 Å².